The Labute approximate surface area is 47.7 Å². The van der Waals surface area contributed by atoms with Crippen molar-refractivity contribution in [3.05, 3.63) is 11.1 Å². The molecule has 0 fully saturated rings. The summed E-state index contributed by atoms with van der Waals surface area (Å²) in [4.78, 5) is 0. The van der Waals surface area contributed by atoms with E-state index < -0.39 is 17.5 Å². The molecule has 0 rings (SSSR count). The first-order chi connectivity index (χ1) is 3.55. The van der Waals surface area contributed by atoms with Crippen molar-refractivity contribution in [3.8, 4) is 0 Å². The molecule has 0 aromatic rings. The Morgan fingerprint density at radius 3 is 1.62 bits per heavy atom. The molecule has 0 bridgehead atoms. The van der Waals surface area contributed by atoms with Crippen LogP contribution in [0.1, 0.15) is 0 Å². The minimum absolute atomic E-state index is 1.99. The van der Waals surface area contributed by atoms with Gasteiger partial charge in [-0.15, -0.1) is 0 Å². The Balaban J connectivity index is 4.00. The number of hydrogen-bond donors (Lipinski definition) is 0. The number of hydrogen-bond acceptors (Lipinski definition) is 0. The number of halogens is 5. The number of allylic oxidation sites excluding steroid dienone is 1. The molecule has 0 atom stereocenters. The van der Waals surface area contributed by atoms with Crippen LogP contribution in [0, 0.1) is 0 Å². The van der Waals surface area contributed by atoms with Crippen LogP contribution in [0.5, 0.6) is 0 Å². The van der Waals surface area contributed by atoms with E-state index in [1.165, 1.54) is 0 Å². The second-order valence-electron chi connectivity index (χ2n) is 0.909. The van der Waals surface area contributed by atoms with Crippen LogP contribution in [-0.4, -0.2) is 6.43 Å². The fourth-order valence-corrected chi connectivity index (χ4v) is 0.165. The summed E-state index contributed by atoms with van der Waals surface area (Å²) < 4.78 is 44.3. The third-order valence-electron chi connectivity index (χ3n) is 0.372. The molecule has 0 aromatic carbocycles. The Morgan fingerprint density at radius 2 is 1.62 bits per heavy atom. The van der Waals surface area contributed by atoms with Gasteiger partial charge in [-0.3, -0.25) is 0 Å². The molecule has 0 radical (unpaired) electrons. The predicted octanol–water partition coefficient (Wildman–Crippen LogP) is 2.60. The first-order valence-corrected chi connectivity index (χ1v) is 1.92. The molecule has 0 amide bonds. The van der Waals surface area contributed by atoms with E-state index in [2.05, 4.69) is 11.6 Å². The molecule has 5 heteroatoms. The van der Waals surface area contributed by atoms with Crippen LogP contribution in [0.4, 0.5) is 17.6 Å². The molecule has 0 aromatic heterocycles. The van der Waals surface area contributed by atoms with Gasteiger partial charge in [0.15, 0.2) is 0 Å². The van der Waals surface area contributed by atoms with Crippen molar-refractivity contribution in [2.75, 3.05) is 0 Å². The molecule has 0 spiro atoms. The molecule has 0 aliphatic rings. The minimum Gasteiger partial charge on any atom is -0.202 e. The van der Waals surface area contributed by atoms with Gasteiger partial charge in [0.1, 0.15) is 0 Å². The van der Waals surface area contributed by atoms with Gasteiger partial charge in [-0.2, -0.15) is 4.39 Å². The average molecular weight is 148 g/mol. The van der Waals surface area contributed by atoms with Crippen LogP contribution >= 0.6 is 11.6 Å². The van der Waals surface area contributed by atoms with Crippen molar-refractivity contribution in [2.24, 2.45) is 0 Å². The first kappa shape index (κ1) is 7.75. The lowest BCUT2D eigenvalue weighted by molar-refractivity contribution is 0.155. The summed E-state index contributed by atoms with van der Waals surface area (Å²) >= 11 is 4.18. The lowest BCUT2D eigenvalue weighted by atomic mass is 10.6. The predicted molar refractivity (Wildman–Crippen MR) is 21.1 cm³/mol. The fourth-order valence-electron chi connectivity index (χ4n) is 0.0825. The van der Waals surface area contributed by atoms with Gasteiger partial charge < -0.3 is 0 Å². The van der Waals surface area contributed by atoms with E-state index in [9.17, 15) is 17.6 Å². The van der Waals surface area contributed by atoms with Crippen molar-refractivity contribution >= 4 is 11.6 Å². The molecule has 0 aliphatic carbocycles. The molecular weight excluding hydrogens is 147 g/mol. The molecule has 0 N–H and O–H groups in total. The second kappa shape index (κ2) is 2.91. The van der Waals surface area contributed by atoms with Gasteiger partial charge in [-0.05, 0) is 11.6 Å². The smallest absolute Gasteiger partial charge is 0.202 e. The van der Waals surface area contributed by atoms with E-state index in [0.29, 0.717) is 0 Å². The van der Waals surface area contributed by atoms with E-state index >= 15 is 0 Å². The van der Waals surface area contributed by atoms with Crippen molar-refractivity contribution in [1.29, 1.82) is 0 Å². The zero-order valence-electron chi connectivity index (χ0n) is 3.47. The van der Waals surface area contributed by atoms with E-state index in [1.807, 2.05) is 0 Å². The van der Waals surface area contributed by atoms with E-state index in [4.69, 9.17) is 0 Å². The van der Waals surface area contributed by atoms with Crippen molar-refractivity contribution in [3.63, 3.8) is 0 Å². The summed E-state index contributed by atoms with van der Waals surface area (Å²) in [7, 11) is 0. The maximum absolute atomic E-state index is 11.3. The summed E-state index contributed by atoms with van der Waals surface area (Å²) in [5.41, 5.74) is 0. The van der Waals surface area contributed by atoms with E-state index in [0.717, 1.165) is 0 Å². The molecule has 0 nitrogen and oxygen atoms in total. The first-order valence-electron chi connectivity index (χ1n) is 1.54. The normalized spacial score (nSPS) is 14.2. The highest BCUT2D eigenvalue weighted by Crippen LogP contribution is 2.18. The molecule has 0 saturated heterocycles. The Morgan fingerprint density at radius 1 is 1.25 bits per heavy atom. The molecule has 0 aliphatic heterocycles. The van der Waals surface area contributed by atoms with Crippen molar-refractivity contribution in [1.82, 2.24) is 0 Å². The van der Waals surface area contributed by atoms with Gasteiger partial charge in [-0.1, -0.05) is 0 Å². The van der Waals surface area contributed by atoms with Gasteiger partial charge in [0.05, 0.1) is 0 Å². The quantitative estimate of drug-likeness (QED) is 0.502. The second-order valence-corrected chi connectivity index (χ2v) is 1.24. The topological polar surface area (TPSA) is 0 Å². The lowest BCUT2D eigenvalue weighted by Crippen LogP contribution is -1.89. The monoisotopic (exact) mass is 148 g/mol. The van der Waals surface area contributed by atoms with Crippen LogP contribution < -0.4 is 0 Å². The summed E-state index contributed by atoms with van der Waals surface area (Å²) in [6.07, 6.45) is -3.45. The Hall–Kier alpha value is -0.250. The van der Waals surface area contributed by atoms with Crippen molar-refractivity contribution < 1.29 is 17.6 Å². The van der Waals surface area contributed by atoms with Crippen molar-refractivity contribution in [2.45, 2.75) is 6.43 Å². The van der Waals surface area contributed by atoms with Crippen LogP contribution in [0.25, 0.3) is 0 Å². The third-order valence-corrected chi connectivity index (χ3v) is 0.553. The van der Waals surface area contributed by atoms with Crippen LogP contribution in [0.2, 0.25) is 0 Å². The van der Waals surface area contributed by atoms with Crippen LogP contribution in [0.3, 0.4) is 0 Å². The van der Waals surface area contributed by atoms with Crippen LogP contribution in [-0.2, 0) is 0 Å². The maximum atomic E-state index is 11.3. The summed E-state index contributed by atoms with van der Waals surface area (Å²) in [5, 5.41) is -1.99. The van der Waals surface area contributed by atoms with Gasteiger partial charge >= 0.3 is 0 Å². The maximum Gasteiger partial charge on any atom is 0.293 e. The summed E-state index contributed by atoms with van der Waals surface area (Å²) in [6.45, 7) is 0. The number of alkyl halides is 2. The van der Waals surface area contributed by atoms with Gasteiger partial charge in [0.2, 0.25) is 11.1 Å². The zero-order valence-corrected chi connectivity index (χ0v) is 4.22. The number of rotatable bonds is 1. The standard InChI is InChI=1S/C3HClF4/c4-2(6)1(5)3(7)8/h3H/b2-1-. The molecule has 0 saturated carbocycles. The summed E-state index contributed by atoms with van der Waals surface area (Å²) in [5.74, 6) is -2.22. The molecule has 48 valence electrons. The summed E-state index contributed by atoms with van der Waals surface area (Å²) in [6, 6.07) is 0. The van der Waals surface area contributed by atoms with Gasteiger partial charge in [-0.25, -0.2) is 13.2 Å². The highest BCUT2D eigenvalue weighted by atomic mass is 35.5. The van der Waals surface area contributed by atoms with E-state index in [1.54, 1.807) is 0 Å². The Bertz CT molecular complexity index is 104. The zero-order chi connectivity index (χ0) is 6.73. The average Bonchev–Trinajstić information content (AvgIpc) is 1.64. The molecule has 0 heterocycles. The SMILES string of the molecule is F/C(Cl)=C(\F)C(F)F. The van der Waals surface area contributed by atoms with Crippen LogP contribution in [0.15, 0.2) is 11.1 Å². The highest BCUT2D eigenvalue weighted by molar-refractivity contribution is 6.28. The lowest BCUT2D eigenvalue weighted by Gasteiger charge is -1.89. The molecule has 8 heavy (non-hydrogen) atoms. The van der Waals surface area contributed by atoms with E-state index in [-0.39, 0.29) is 0 Å². The van der Waals surface area contributed by atoms with Gasteiger partial charge in [0, 0.05) is 0 Å². The molecular formula is C3HClF4. The highest BCUT2D eigenvalue weighted by Gasteiger charge is 2.14. The molecule has 0 unspecified atom stereocenters. The third kappa shape index (κ3) is 2.16. The Kier molecular flexibility index (Phi) is 2.82. The fraction of sp³-hybridized carbons (Fsp3) is 0.333. The van der Waals surface area contributed by atoms with Gasteiger partial charge in [0.25, 0.3) is 6.43 Å². The minimum atomic E-state index is -3.45. The largest absolute Gasteiger partial charge is 0.293 e.